The van der Waals surface area contributed by atoms with Crippen molar-refractivity contribution >= 4 is 55.4 Å². The van der Waals surface area contributed by atoms with Crippen LogP contribution >= 0.6 is 11.8 Å². The Morgan fingerprint density at radius 3 is 1.86 bits per heavy atom. The molecule has 12 rings (SSSR count). The van der Waals surface area contributed by atoms with Crippen LogP contribution in [-0.2, 0) is 5.41 Å². The molecule has 0 radical (unpaired) electrons. The van der Waals surface area contributed by atoms with E-state index in [9.17, 15) is 10.5 Å². The summed E-state index contributed by atoms with van der Waals surface area (Å²) >= 11 is 1.80. The van der Waals surface area contributed by atoms with Crippen LogP contribution in [0.25, 0.3) is 66.4 Å². The molecule has 5 heterocycles. The molecule has 0 saturated heterocycles. The smallest absolute Gasteiger partial charge is 0.0991 e. The maximum absolute atomic E-state index is 9.91. The van der Waals surface area contributed by atoms with Crippen molar-refractivity contribution in [3.63, 3.8) is 0 Å². The Morgan fingerprint density at radius 1 is 0.500 bits per heavy atom. The fraction of sp³-hybridized carbons (Fsp3) is 0.0204. The van der Waals surface area contributed by atoms with E-state index in [4.69, 9.17) is 9.97 Å². The molecule has 1 atom stereocenters. The molecule has 0 bridgehead atoms. The fourth-order valence-corrected chi connectivity index (χ4v) is 10.8. The third kappa shape index (κ3) is 3.89. The minimum absolute atomic E-state index is 0.627. The van der Waals surface area contributed by atoms with Gasteiger partial charge in [-0.25, -0.2) is 0 Å². The highest BCUT2D eigenvalue weighted by Crippen LogP contribution is 2.63. The van der Waals surface area contributed by atoms with Gasteiger partial charge in [-0.2, -0.15) is 10.5 Å². The monoisotopic (exact) mass is 730 g/mol. The second kappa shape index (κ2) is 11.3. The molecule has 2 aliphatic rings. The highest BCUT2D eigenvalue weighted by atomic mass is 32.2. The van der Waals surface area contributed by atoms with E-state index >= 15 is 0 Å². The van der Waals surface area contributed by atoms with Crippen LogP contribution in [-0.4, -0.2) is 19.1 Å². The Morgan fingerprint density at radius 2 is 1.11 bits per heavy atom. The van der Waals surface area contributed by atoms with Gasteiger partial charge in [0.25, 0.3) is 0 Å². The van der Waals surface area contributed by atoms with Gasteiger partial charge >= 0.3 is 0 Å². The number of fused-ring (bicyclic) bond motifs is 15. The Hall–Kier alpha value is -7.45. The van der Waals surface area contributed by atoms with Crippen molar-refractivity contribution in [1.29, 1.82) is 10.5 Å². The van der Waals surface area contributed by atoms with Gasteiger partial charge in [0, 0.05) is 48.7 Å². The molecule has 6 nitrogen and oxygen atoms in total. The Kier molecular flexibility index (Phi) is 6.24. The van der Waals surface area contributed by atoms with E-state index in [2.05, 4.69) is 124 Å². The first kappa shape index (κ1) is 31.0. The van der Waals surface area contributed by atoms with E-state index in [0.29, 0.717) is 11.1 Å². The SMILES string of the molecule is N#Cc1ccc2c(c1)c1ccccc1n2-c1cnc2c(c1)C1(c3ccccc3Sc3cccc(-n4c5ccccc5c5cc(C#N)ccc54)c31)c1cccnc1-2. The number of benzene rings is 6. The van der Waals surface area contributed by atoms with E-state index in [0.717, 1.165) is 82.4 Å². The second-order valence-electron chi connectivity index (χ2n) is 14.4. The minimum Gasteiger partial charge on any atom is -0.309 e. The first-order valence-corrected chi connectivity index (χ1v) is 19.3. The zero-order chi connectivity index (χ0) is 37.1. The lowest BCUT2D eigenvalue weighted by atomic mass is 9.67. The number of rotatable bonds is 2. The summed E-state index contributed by atoms with van der Waals surface area (Å²) in [5.74, 6) is 0. The standard InChI is InChI=1S/C49H26N6S/c50-26-29-18-20-41-34(23-29)32-9-1-4-13-39(32)54(41)31-25-38-48(53-28-31)47-37(12-8-22-52-47)49(38)36-11-3-6-16-44(36)56-45-17-7-15-43(46(45)49)55-40-14-5-2-10-33(40)35-24-30(27-51)19-21-42(35)55/h1-25,28H. The van der Waals surface area contributed by atoms with Crippen LogP contribution in [0, 0.1) is 22.7 Å². The first-order chi connectivity index (χ1) is 27.7. The van der Waals surface area contributed by atoms with Gasteiger partial charge in [0.1, 0.15) is 0 Å². The molecule has 0 saturated carbocycles. The van der Waals surface area contributed by atoms with Crippen LogP contribution in [0.3, 0.4) is 0 Å². The van der Waals surface area contributed by atoms with Gasteiger partial charge in [-0.1, -0.05) is 78.5 Å². The molecular weight excluding hydrogens is 705 g/mol. The highest BCUT2D eigenvalue weighted by molar-refractivity contribution is 7.99. The lowest BCUT2D eigenvalue weighted by Crippen LogP contribution is -2.33. The molecule has 6 aromatic carbocycles. The second-order valence-corrected chi connectivity index (χ2v) is 15.5. The summed E-state index contributed by atoms with van der Waals surface area (Å²) in [6.45, 7) is 0. The van der Waals surface area contributed by atoms with E-state index in [1.165, 1.54) is 16.0 Å². The van der Waals surface area contributed by atoms with E-state index in [-0.39, 0.29) is 0 Å². The number of pyridine rings is 2. The van der Waals surface area contributed by atoms with Crippen molar-refractivity contribution in [1.82, 2.24) is 19.1 Å². The molecule has 1 aliphatic carbocycles. The van der Waals surface area contributed by atoms with Gasteiger partial charge in [-0.3, -0.25) is 9.97 Å². The van der Waals surface area contributed by atoms with Gasteiger partial charge < -0.3 is 9.13 Å². The summed E-state index contributed by atoms with van der Waals surface area (Å²) in [5.41, 5.74) is 12.9. The summed E-state index contributed by atoms with van der Waals surface area (Å²) in [5, 5.41) is 24.0. The molecule has 0 N–H and O–H groups in total. The number of hydrogen-bond donors (Lipinski definition) is 0. The molecule has 0 amide bonds. The van der Waals surface area contributed by atoms with Gasteiger partial charge in [0.2, 0.25) is 0 Å². The summed E-state index contributed by atoms with van der Waals surface area (Å²) in [6, 6.07) is 55.5. The molecular formula is C49H26N6S. The molecule has 0 fully saturated rings. The average molecular weight is 731 g/mol. The van der Waals surface area contributed by atoms with Gasteiger partial charge in [0.15, 0.2) is 0 Å². The van der Waals surface area contributed by atoms with Crippen molar-refractivity contribution in [2.75, 3.05) is 0 Å². The summed E-state index contributed by atoms with van der Waals surface area (Å²) in [7, 11) is 0. The number of nitrogens with zero attached hydrogens (tertiary/aromatic N) is 6. The van der Waals surface area contributed by atoms with Crippen LogP contribution in [0.1, 0.15) is 33.4 Å². The number of para-hydroxylation sites is 2. The summed E-state index contributed by atoms with van der Waals surface area (Å²) < 4.78 is 4.66. The maximum atomic E-state index is 9.91. The summed E-state index contributed by atoms with van der Waals surface area (Å²) in [4.78, 5) is 12.8. The van der Waals surface area contributed by atoms with E-state index in [1.807, 2.05) is 54.9 Å². The lowest BCUT2D eigenvalue weighted by Gasteiger charge is -2.40. The molecule has 1 spiro atoms. The number of nitriles is 2. The number of hydrogen-bond acceptors (Lipinski definition) is 5. The van der Waals surface area contributed by atoms with Gasteiger partial charge in [-0.05, 0) is 90.0 Å². The first-order valence-electron chi connectivity index (χ1n) is 18.4. The molecule has 56 heavy (non-hydrogen) atoms. The third-order valence-corrected chi connectivity index (χ3v) is 12.8. The third-order valence-electron chi connectivity index (χ3n) is 11.7. The lowest BCUT2D eigenvalue weighted by molar-refractivity contribution is 0.712. The zero-order valence-corrected chi connectivity index (χ0v) is 30.4. The molecule has 7 heteroatoms. The van der Waals surface area contributed by atoms with Gasteiger partial charge in [0.05, 0.1) is 79.7 Å². The fourth-order valence-electron chi connectivity index (χ4n) is 9.56. The zero-order valence-electron chi connectivity index (χ0n) is 29.6. The maximum Gasteiger partial charge on any atom is 0.0991 e. The van der Waals surface area contributed by atoms with Crippen LogP contribution in [0.2, 0.25) is 0 Å². The van der Waals surface area contributed by atoms with Crippen molar-refractivity contribution in [2.24, 2.45) is 0 Å². The van der Waals surface area contributed by atoms with Crippen LogP contribution in [0.4, 0.5) is 0 Å². The van der Waals surface area contributed by atoms with Crippen LogP contribution < -0.4 is 0 Å². The Balaban J connectivity index is 1.23. The number of aromatic nitrogens is 4. The Labute approximate surface area is 325 Å². The van der Waals surface area contributed by atoms with Crippen molar-refractivity contribution < 1.29 is 0 Å². The van der Waals surface area contributed by atoms with Crippen molar-refractivity contribution in [2.45, 2.75) is 15.2 Å². The molecule has 1 aliphatic heterocycles. The molecule has 1 unspecified atom stereocenters. The normalized spacial score (nSPS) is 15.1. The van der Waals surface area contributed by atoms with E-state index in [1.54, 1.807) is 11.8 Å². The van der Waals surface area contributed by atoms with Crippen LogP contribution in [0.5, 0.6) is 0 Å². The van der Waals surface area contributed by atoms with Crippen molar-refractivity contribution in [3.05, 3.63) is 191 Å². The largest absolute Gasteiger partial charge is 0.309 e. The van der Waals surface area contributed by atoms with E-state index < -0.39 is 5.41 Å². The Bertz CT molecular complexity index is 3450. The quantitative estimate of drug-likeness (QED) is 0.177. The molecule has 258 valence electrons. The average Bonchev–Trinajstić information content (AvgIpc) is 3.87. The molecule has 4 aromatic heterocycles. The predicted molar refractivity (Wildman–Crippen MR) is 222 cm³/mol. The van der Waals surface area contributed by atoms with Crippen molar-refractivity contribution in [3.8, 4) is 34.9 Å². The van der Waals surface area contributed by atoms with Crippen LogP contribution in [0.15, 0.2) is 168 Å². The molecule has 10 aromatic rings. The topological polar surface area (TPSA) is 83.2 Å². The predicted octanol–water partition coefficient (Wildman–Crippen LogP) is 11.2. The highest BCUT2D eigenvalue weighted by Gasteiger charge is 2.53. The van der Waals surface area contributed by atoms with Gasteiger partial charge in [-0.15, -0.1) is 0 Å². The minimum atomic E-state index is -0.785. The summed E-state index contributed by atoms with van der Waals surface area (Å²) in [6.07, 6.45) is 3.84.